The van der Waals surface area contributed by atoms with Crippen LogP contribution in [-0.4, -0.2) is 16.5 Å². The molecule has 0 aliphatic rings. The normalized spacial score (nSPS) is 9.50. The molecule has 0 amide bonds. The second-order valence-corrected chi connectivity index (χ2v) is 2.67. The van der Waals surface area contributed by atoms with Gasteiger partial charge >= 0.3 is 0 Å². The van der Waals surface area contributed by atoms with E-state index in [1.54, 1.807) is 6.08 Å². The number of hydrogen-bond acceptors (Lipinski definition) is 3. The fourth-order valence-electron chi connectivity index (χ4n) is 0.776. The van der Waals surface area contributed by atoms with Crippen molar-refractivity contribution in [3.05, 3.63) is 29.7 Å². The fourth-order valence-corrected chi connectivity index (χ4v) is 0.909. The molecule has 0 bridgehead atoms. The Morgan fingerprint density at radius 3 is 3.08 bits per heavy atom. The van der Waals surface area contributed by atoms with Crippen LogP contribution in [0.3, 0.4) is 0 Å². The molecule has 0 radical (unpaired) electrons. The first-order chi connectivity index (χ1) is 5.75. The highest BCUT2D eigenvalue weighted by Crippen LogP contribution is 2.17. The van der Waals surface area contributed by atoms with Gasteiger partial charge in [-0.15, -0.1) is 6.58 Å². The lowest BCUT2D eigenvalue weighted by Gasteiger charge is -2.05. The van der Waals surface area contributed by atoms with Crippen molar-refractivity contribution in [1.29, 1.82) is 0 Å². The Hall–Kier alpha value is -1.09. The molecule has 1 aromatic rings. The van der Waals surface area contributed by atoms with Crippen molar-refractivity contribution in [2.24, 2.45) is 0 Å². The second-order valence-electron chi connectivity index (χ2n) is 2.31. The molecule has 4 heteroatoms. The average Bonchev–Trinajstić information content (AvgIpc) is 2.08. The lowest BCUT2D eigenvalue weighted by molar-refractivity contribution is 1.11. The molecule has 0 saturated heterocycles. The molecule has 0 aliphatic heterocycles. The van der Waals surface area contributed by atoms with E-state index in [1.165, 1.54) is 6.33 Å². The molecule has 3 nitrogen and oxygen atoms in total. The van der Waals surface area contributed by atoms with E-state index in [0.29, 0.717) is 11.7 Å². The van der Waals surface area contributed by atoms with Gasteiger partial charge in [0.15, 0.2) is 0 Å². The lowest BCUT2D eigenvalue weighted by atomic mass is 10.3. The highest BCUT2D eigenvalue weighted by molar-refractivity contribution is 6.30. The van der Waals surface area contributed by atoms with E-state index >= 15 is 0 Å². The molecule has 0 atom stereocenters. The predicted octanol–water partition coefficient (Wildman–Crippen LogP) is 2.04. The molecule has 0 aromatic carbocycles. The topological polar surface area (TPSA) is 37.8 Å². The molecule has 0 aliphatic carbocycles. The highest BCUT2D eigenvalue weighted by Gasteiger charge is 2.02. The molecule has 1 rings (SSSR count). The summed E-state index contributed by atoms with van der Waals surface area (Å²) in [4.78, 5) is 7.86. The van der Waals surface area contributed by atoms with Crippen LogP contribution in [0.2, 0.25) is 5.15 Å². The molecule has 64 valence electrons. The van der Waals surface area contributed by atoms with Gasteiger partial charge in [-0.05, 0) is 6.92 Å². The number of hydrogen-bond donors (Lipinski definition) is 1. The van der Waals surface area contributed by atoms with E-state index in [1.807, 2.05) is 6.92 Å². The summed E-state index contributed by atoms with van der Waals surface area (Å²) in [6.07, 6.45) is 3.19. The van der Waals surface area contributed by atoms with Crippen molar-refractivity contribution in [1.82, 2.24) is 9.97 Å². The van der Waals surface area contributed by atoms with Gasteiger partial charge in [-0.2, -0.15) is 0 Å². The zero-order valence-electron chi connectivity index (χ0n) is 6.84. The molecule has 1 aromatic heterocycles. The van der Waals surface area contributed by atoms with Crippen molar-refractivity contribution in [3.8, 4) is 0 Å². The first-order valence-corrected chi connectivity index (χ1v) is 3.95. The van der Waals surface area contributed by atoms with Gasteiger partial charge in [0, 0.05) is 12.1 Å². The number of nitrogens with zero attached hydrogens (tertiary/aromatic N) is 2. The van der Waals surface area contributed by atoms with Gasteiger partial charge in [-0.1, -0.05) is 17.7 Å². The molecule has 0 unspecified atom stereocenters. The third-order valence-electron chi connectivity index (χ3n) is 1.44. The summed E-state index contributed by atoms with van der Waals surface area (Å²) in [5, 5.41) is 3.53. The van der Waals surface area contributed by atoms with Crippen molar-refractivity contribution in [2.45, 2.75) is 6.92 Å². The third-order valence-corrected chi connectivity index (χ3v) is 1.82. The molecule has 0 fully saturated rings. The van der Waals surface area contributed by atoms with Gasteiger partial charge < -0.3 is 5.32 Å². The molecular formula is C8H10ClN3. The Kier molecular flexibility index (Phi) is 3.05. The summed E-state index contributed by atoms with van der Waals surface area (Å²) >= 11 is 5.78. The molecule has 12 heavy (non-hydrogen) atoms. The highest BCUT2D eigenvalue weighted by atomic mass is 35.5. The zero-order chi connectivity index (χ0) is 8.97. The summed E-state index contributed by atoms with van der Waals surface area (Å²) in [5.41, 5.74) is 0.862. The van der Waals surface area contributed by atoms with Crippen molar-refractivity contribution in [3.63, 3.8) is 0 Å². The van der Waals surface area contributed by atoms with Gasteiger partial charge in [0.25, 0.3) is 0 Å². The Morgan fingerprint density at radius 1 is 1.67 bits per heavy atom. The monoisotopic (exact) mass is 183 g/mol. The van der Waals surface area contributed by atoms with Crippen LogP contribution in [0.5, 0.6) is 0 Å². The Balaban J connectivity index is 2.84. The Bertz CT molecular complexity index is 286. The second kappa shape index (κ2) is 4.07. The fraction of sp³-hybridized carbons (Fsp3) is 0.250. The van der Waals surface area contributed by atoms with Crippen LogP contribution < -0.4 is 5.32 Å². The van der Waals surface area contributed by atoms with Crippen LogP contribution in [-0.2, 0) is 0 Å². The third kappa shape index (κ3) is 1.95. The molecule has 1 heterocycles. The predicted molar refractivity (Wildman–Crippen MR) is 50.5 cm³/mol. The Morgan fingerprint density at radius 2 is 2.42 bits per heavy atom. The average molecular weight is 184 g/mol. The van der Waals surface area contributed by atoms with E-state index < -0.39 is 0 Å². The quantitative estimate of drug-likeness (QED) is 0.576. The number of aromatic nitrogens is 2. The van der Waals surface area contributed by atoms with E-state index in [0.717, 1.165) is 11.4 Å². The van der Waals surface area contributed by atoms with E-state index in [2.05, 4.69) is 21.9 Å². The first-order valence-electron chi connectivity index (χ1n) is 3.57. The summed E-state index contributed by atoms with van der Waals surface area (Å²) < 4.78 is 0. The number of nitrogens with one attached hydrogen (secondary N) is 1. The van der Waals surface area contributed by atoms with Crippen LogP contribution in [0.1, 0.15) is 5.56 Å². The maximum Gasteiger partial charge on any atom is 0.137 e. The smallest absolute Gasteiger partial charge is 0.137 e. The Labute approximate surface area is 76.5 Å². The maximum absolute atomic E-state index is 5.78. The van der Waals surface area contributed by atoms with Crippen molar-refractivity contribution < 1.29 is 0 Å². The van der Waals surface area contributed by atoms with Crippen LogP contribution >= 0.6 is 11.6 Å². The number of anilines is 1. The van der Waals surface area contributed by atoms with Crippen LogP contribution in [0.4, 0.5) is 5.82 Å². The minimum absolute atomic E-state index is 0.483. The first kappa shape index (κ1) is 9.00. The summed E-state index contributed by atoms with van der Waals surface area (Å²) in [7, 11) is 0. The summed E-state index contributed by atoms with van der Waals surface area (Å²) in [5.74, 6) is 0.759. The van der Waals surface area contributed by atoms with E-state index in [9.17, 15) is 0 Å². The van der Waals surface area contributed by atoms with E-state index in [4.69, 9.17) is 11.6 Å². The van der Waals surface area contributed by atoms with Crippen molar-refractivity contribution in [2.75, 3.05) is 11.9 Å². The maximum atomic E-state index is 5.78. The molecule has 0 saturated carbocycles. The van der Waals surface area contributed by atoms with E-state index in [-0.39, 0.29) is 0 Å². The molecule has 0 spiro atoms. The van der Waals surface area contributed by atoms with Crippen LogP contribution in [0.25, 0.3) is 0 Å². The standard InChI is InChI=1S/C8H10ClN3/c1-3-4-10-8-6(2)7(9)11-5-12-8/h3,5H,1,4H2,2H3,(H,10,11,12). The molecule has 1 N–H and O–H groups in total. The van der Waals surface area contributed by atoms with Gasteiger partial charge in [-0.25, -0.2) is 9.97 Å². The largest absolute Gasteiger partial charge is 0.366 e. The SMILES string of the molecule is C=CCNc1ncnc(Cl)c1C. The van der Waals surface area contributed by atoms with Gasteiger partial charge in [-0.3, -0.25) is 0 Å². The van der Waals surface area contributed by atoms with Gasteiger partial charge in [0.2, 0.25) is 0 Å². The van der Waals surface area contributed by atoms with Crippen LogP contribution in [0.15, 0.2) is 19.0 Å². The van der Waals surface area contributed by atoms with Gasteiger partial charge in [0.05, 0.1) is 0 Å². The lowest BCUT2D eigenvalue weighted by Crippen LogP contribution is -2.03. The van der Waals surface area contributed by atoms with Crippen LogP contribution in [0, 0.1) is 6.92 Å². The summed E-state index contributed by atoms with van der Waals surface area (Å²) in [6.45, 7) is 6.13. The number of halogens is 1. The minimum atomic E-state index is 0.483. The van der Waals surface area contributed by atoms with Gasteiger partial charge in [0.1, 0.15) is 17.3 Å². The summed E-state index contributed by atoms with van der Waals surface area (Å²) in [6, 6.07) is 0. The zero-order valence-corrected chi connectivity index (χ0v) is 7.60. The minimum Gasteiger partial charge on any atom is -0.366 e. The molecular weight excluding hydrogens is 174 g/mol. The number of rotatable bonds is 3. The van der Waals surface area contributed by atoms with Crippen molar-refractivity contribution >= 4 is 17.4 Å².